The zero-order valence-electron chi connectivity index (χ0n) is 20.2. The number of unbranched alkanes of at least 4 members (excludes halogenated alkanes) is 3. The average Bonchev–Trinajstić information content (AvgIpc) is 3.35. The fourth-order valence-corrected chi connectivity index (χ4v) is 5.06. The van der Waals surface area contributed by atoms with Gasteiger partial charge in [0.25, 0.3) is 0 Å². The van der Waals surface area contributed by atoms with Crippen molar-refractivity contribution in [1.29, 1.82) is 0 Å². The molecule has 5 rings (SSSR count). The number of hydrazone groups is 1. The summed E-state index contributed by atoms with van der Waals surface area (Å²) in [5.41, 5.74) is 4.35. The molecule has 182 valence electrons. The summed E-state index contributed by atoms with van der Waals surface area (Å²) in [6.45, 7) is 2.98. The molecule has 6 heteroatoms. The van der Waals surface area contributed by atoms with Crippen molar-refractivity contribution >= 4 is 21.6 Å². The van der Waals surface area contributed by atoms with Crippen LogP contribution in [0.4, 0.5) is 0 Å². The first-order chi connectivity index (χ1) is 17.2. The molecule has 35 heavy (non-hydrogen) atoms. The largest absolute Gasteiger partial charge is 0.497 e. The normalized spacial score (nSPS) is 18.4. The average molecular weight is 535 g/mol. The second kappa shape index (κ2) is 10.7. The minimum absolute atomic E-state index is 0.104. The molecule has 2 aliphatic heterocycles. The topological polar surface area (TPSA) is 43.3 Å². The number of hydrogen-bond donors (Lipinski definition) is 0. The molecule has 0 saturated heterocycles. The molecule has 0 spiro atoms. The molecule has 3 aromatic rings. The number of halogens is 1. The van der Waals surface area contributed by atoms with Gasteiger partial charge in [-0.25, -0.2) is 5.01 Å². The molecule has 0 N–H and O–H groups in total. The highest BCUT2D eigenvalue weighted by Gasteiger charge is 2.41. The monoisotopic (exact) mass is 534 g/mol. The van der Waals surface area contributed by atoms with Crippen LogP contribution in [0.5, 0.6) is 17.2 Å². The third kappa shape index (κ3) is 5.18. The van der Waals surface area contributed by atoms with Crippen molar-refractivity contribution in [3.05, 3.63) is 87.9 Å². The first kappa shape index (κ1) is 23.7. The number of benzene rings is 3. The third-order valence-electron chi connectivity index (χ3n) is 6.61. The Morgan fingerprint density at radius 3 is 2.49 bits per heavy atom. The Morgan fingerprint density at radius 1 is 0.971 bits per heavy atom. The summed E-state index contributed by atoms with van der Waals surface area (Å²) in [6.07, 6.45) is 5.31. The second-order valence-corrected chi connectivity index (χ2v) is 9.92. The van der Waals surface area contributed by atoms with Crippen molar-refractivity contribution in [2.24, 2.45) is 5.10 Å². The van der Waals surface area contributed by atoms with Gasteiger partial charge in [0.2, 0.25) is 6.23 Å². The highest BCUT2D eigenvalue weighted by Crippen LogP contribution is 2.48. The van der Waals surface area contributed by atoms with E-state index in [1.807, 2.05) is 36.4 Å². The molecule has 0 bridgehead atoms. The summed E-state index contributed by atoms with van der Waals surface area (Å²) < 4.78 is 18.8. The van der Waals surface area contributed by atoms with Crippen LogP contribution in [0.25, 0.3) is 0 Å². The summed E-state index contributed by atoms with van der Waals surface area (Å²) in [4.78, 5) is 0. The highest BCUT2D eigenvalue weighted by atomic mass is 79.9. The lowest BCUT2D eigenvalue weighted by Gasteiger charge is -2.38. The Hall–Kier alpha value is -2.99. The van der Waals surface area contributed by atoms with E-state index in [1.54, 1.807) is 7.11 Å². The minimum Gasteiger partial charge on any atom is -0.497 e. The van der Waals surface area contributed by atoms with Gasteiger partial charge in [0.1, 0.15) is 17.2 Å². The first-order valence-corrected chi connectivity index (χ1v) is 13.1. The number of fused-ring (bicyclic) bond motifs is 3. The fourth-order valence-electron chi connectivity index (χ4n) is 4.68. The molecule has 0 amide bonds. The van der Waals surface area contributed by atoms with Gasteiger partial charge in [-0.15, -0.1) is 0 Å². The van der Waals surface area contributed by atoms with Gasteiger partial charge >= 0.3 is 0 Å². The predicted octanol–water partition coefficient (Wildman–Crippen LogP) is 7.66. The van der Waals surface area contributed by atoms with Crippen molar-refractivity contribution in [1.82, 2.24) is 5.01 Å². The van der Waals surface area contributed by atoms with Gasteiger partial charge in [0.15, 0.2) is 0 Å². The number of rotatable bonds is 9. The van der Waals surface area contributed by atoms with Gasteiger partial charge in [0.05, 0.1) is 25.5 Å². The van der Waals surface area contributed by atoms with E-state index in [0.717, 1.165) is 63.6 Å². The van der Waals surface area contributed by atoms with Crippen LogP contribution in [0.2, 0.25) is 0 Å². The third-order valence-corrected chi connectivity index (χ3v) is 7.10. The number of nitrogens with zero attached hydrogens (tertiary/aromatic N) is 2. The Labute approximate surface area is 215 Å². The van der Waals surface area contributed by atoms with Gasteiger partial charge in [-0.2, -0.15) is 5.10 Å². The van der Waals surface area contributed by atoms with Crippen LogP contribution in [0.3, 0.4) is 0 Å². The lowest BCUT2D eigenvalue weighted by molar-refractivity contribution is -0.0191. The van der Waals surface area contributed by atoms with Crippen LogP contribution in [0.15, 0.2) is 76.3 Å². The van der Waals surface area contributed by atoms with Crippen molar-refractivity contribution in [3.8, 4) is 17.2 Å². The Bertz CT molecular complexity index is 1180. The lowest BCUT2D eigenvalue weighted by atomic mass is 9.96. The molecule has 0 aliphatic carbocycles. The standard InChI is InChI=1S/C29H31BrN2O3/c1-3-4-5-6-17-34-24-14-9-21(10-15-24)29-32-27(25-18-22(30)11-16-28(25)35-29)19-26(31-32)20-7-12-23(33-2)13-8-20/h7-16,18,27,29H,3-6,17,19H2,1-2H3/t27-,29-/m0/s1. The Kier molecular flexibility index (Phi) is 7.28. The van der Waals surface area contributed by atoms with Crippen LogP contribution in [-0.2, 0) is 0 Å². The zero-order valence-corrected chi connectivity index (χ0v) is 21.8. The quantitative estimate of drug-likeness (QED) is 0.264. The summed E-state index contributed by atoms with van der Waals surface area (Å²) in [5, 5.41) is 7.17. The van der Waals surface area contributed by atoms with Gasteiger partial charge < -0.3 is 14.2 Å². The maximum atomic E-state index is 6.51. The van der Waals surface area contributed by atoms with E-state index in [2.05, 4.69) is 58.2 Å². The highest BCUT2D eigenvalue weighted by molar-refractivity contribution is 9.10. The van der Waals surface area contributed by atoms with Gasteiger partial charge in [-0.3, -0.25) is 0 Å². The summed E-state index contributed by atoms with van der Waals surface area (Å²) in [6, 6.07) is 22.7. The number of ether oxygens (including phenoxy) is 3. The summed E-state index contributed by atoms with van der Waals surface area (Å²) in [5.74, 6) is 2.64. The lowest BCUT2D eigenvalue weighted by Crippen LogP contribution is -2.33. The van der Waals surface area contributed by atoms with E-state index in [0.29, 0.717) is 0 Å². The molecule has 5 nitrogen and oxygen atoms in total. The van der Waals surface area contributed by atoms with Crippen LogP contribution in [0, 0.1) is 0 Å². The van der Waals surface area contributed by atoms with Crippen molar-refractivity contribution in [2.75, 3.05) is 13.7 Å². The second-order valence-electron chi connectivity index (χ2n) is 9.01. The zero-order chi connectivity index (χ0) is 24.2. The summed E-state index contributed by atoms with van der Waals surface area (Å²) in [7, 11) is 1.68. The SMILES string of the molecule is CCCCCCOc1ccc([C@@H]2Oc3ccc(Br)cc3[C@@H]3CC(c4ccc(OC)cc4)=NN32)cc1. The predicted molar refractivity (Wildman–Crippen MR) is 142 cm³/mol. The Morgan fingerprint density at radius 2 is 1.74 bits per heavy atom. The molecule has 2 atom stereocenters. The van der Waals surface area contributed by atoms with Crippen molar-refractivity contribution in [3.63, 3.8) is 0 Å². The van der Waals surface area contributed by atoms with E-state index in [-0.39, 0.29) is 12.3 Å². The van der Waals surface area contributed by atoms with Crippen LogP contribution < -0.4 is 14.2 Å². The molecular formula is C29H31BrN2O3. The van der Waals surface area contributed by atoms with Crippen LogP contribution in [-0.4, -0.2) is 24.4 Å². The first-order valence-electron chi connectivity index (χ1n) is 12.4. The molecule has 0 unspecified atom stereocenters. The molecule has 0 saturated carbocycles. The molecule has 0 radical (unpaired) electrons. The molecule has 0 aromatic heterocycles. The van der Waals surface area contributed by atoms with E-state index >= 15 is 0 Å². The number of methoxy groups -OCH3 is 1. The van der Waals surface area contributed by atoms with Crippen LogP contribution in [0.1, 0.15) is 68.0 Å². The van der Waals surface area contributed by atoms with E-state index in [1.165, 1.54) is 19.3 Å². The summed E-state index contributed by atoms with van der Waals surface area (Å²) >= 11 is 3.63. The van der Waals surface area contributed by atoms with Crippen LogP contribution >= 0.6 is 15.9 Å². The Balaban J connectivity index is 1.39. The maximum Gasteiger partial charge on any atom is 0.213 e. The van der Waals surface area contributed by atoms with Gasteiger partial charge in [0, 0.05) is 22.0 Å². The van der Waals surface area contributed by atoms with Crippen molar-refractivity contribution in [2.45, 2.75) is 51.3 Å². The molecule has 0 fully saturated rings. The van der Waals surface area contributed by atoms with Gasteiger partial charge in [-0.1, -0.05) is 42.1 Å². The maximum absolute atomic E-state index is 6.51. The van der Waals surface area contributed by atoms with E-state index < -0.39 is 0 Å². The van der Waals surface area contributed by atoms with E-state index in [9.17, 15) is 0 Å². The smallest absolute Gasteiger partial charge is 0.213 e. The molecule has 2 heterocycles. The fraction of sp³-hybridized carbons (Fsp3) is 0.345. The molecular weight excluding hydrogens is 504 g/mol. The molecule has 2 aliphatic rings. The minimum atomic E-state index is -0.303. The molecule has 3 aromatic carbocycles. The van der Waals surface area contributed by atoms with Crippen molar-refractivity contribution < 1.29 is 14.2 Å². The van der Waals surface area contributed by atoms with E-state index in [4.69, 9.17) is 19.3 Å². The van der Waals surface area contributed by atoms with Gasteiger partial charge in [-0.05, 0) is 78.7 Å². The number of hydrogen-bond acceptors (Lipinski definition) is 5.